The standard InChI is InChI=1S/C15H23NO/c1-4-15(2,3)17-14-11-16(12-14)10-13-8-6-5-7-9-13/h5-9,14H,4,10-12H2,1-3H3. The van der Waals surface area contributed by atoms with Crippen LogP contribution in [-0.4, -0.2) is 29.7 Å². The predicted molar refractivity (Wildman–Crippen MR) is 71.0 cm³/mol. The number of hydrogen-bond donors (Lipinski definition) is 0. The summed E-state index contributed by atoms with van der Waals surface area (Å²) in [6, 6.07) is 10.6. The number of hydrogen-bond acceptors (Lipinski definition) is 2. The second-order valence-electron chi connectivity index (χ2n) is 5.53. The summed E-state index contributed by atoms with van der Waals surface area (Å²) in [6.07, 6.45) is 1.50. The van der Waals surface area contributed by atoms with Crippen molar-refractivity contribution < 1.29 is 4.74 Å². The Morgan fingerprint density at radius 2 is 1.88 bits per heavy atom. The molecule has 94 valence electrons. The van der Waals surface area contributed by atoms with Crippen molar-refractivity contribution in [2.24, 2.45) is 0 Å². The van der Waals surface area contributed by atoms with Gasteiger partial charge in [0.25, 0.3) is 0 Å². The van der Waals surface area contributed by atoms with Crippen molar-refractivity contribution in [2.45, 2.75) is 45.4 Å². The van der Waals surface area contributed by atoms with Crippen molar-refractivity contribution in [1.29, 1.82) is 0 Å². The van der Waals surface area contributed by atoms with Gasteiger partial charge in [0.15, 0.2) is 0 Å². The van der Waals surface area contributed by atoms with Crippen molar-refractivity contribution in [1.82, 2.24) is 4.90 Å². The van der Waals surface area contributed by atoms with Crippen LogP contribution in [0.2, 0.25) is 0 Å². The molecule has 1 heterocycles. The van der Waals surface area contributed by atoms with Crippen LogP contribution in [0.1, 0.15) is 32.8 Å². The molecule has 2 nitrogen and oxygen atoms in total. The van der Waals surface area contributed by atoms with E-state index in [1.54, 1.807) is 0 Å². The van der Waals surface area contributed by atoms with E-state index in [4.69, 9.17) is 4.74 Å². The second-order valence-corrected chi connectivity index (χ2v) is 5.53. The fraction of sp³-hybridized carbons (Fsp3) is 0.600. The lowest BCUT2D eigenvalue weighted by atomic mass is 10.0. The Labute approximate surface area is 105 Å². The zero-order valence-corrected chi connectivity index (χ0v) is 11.1. The first-order valence-electron chi connectivity index (χ1n) is 6.53. The van der Waals surface area contributed by atoms with Gasteiger partial charge in [-0.05, 0) is 25.8 Å². The largest absolute Gasteiger partial charge is 0.370 e. The molecule has 2 heteroatoms. The number of rotatable bonds is 5. The summed E-state index contributed by atoms with van der Waals surface area (Å²) < 4.78 is 6.05. The molecule has 0 unspecified atom stereocenters. The minimum atomic E-state index is 0.0313. The Hall–Kier alpha value is -0.860. The highest BCUT2D eigenvalue weighted by molar-refractivity contribution is 5.14. The molecule has 1 saturated heterocycles. The molecular formula is C15H23NO. The normalized spacial score (nSPS) is 18.1. The van der Waals surface area contributed by atoms with Gasteiger partial charge in [-0.1, -0.05) is 37.3 Å². The fourth-order valence-electron chi connectivity index (χ4n) is 2.10. The summed E-state index contributed by atoms with van der Waals surface area (Å²) in [7, 11) is 0. The minimum absolute atomic E-state index is 0.0313. The molecule has 0 atom stereocenters. The fourth-order valence-corrected chi connectivity index (χ4v) is 2.10. The molecule has 1 aliphatic rings. The van der Waals surface area contributed by atoms with E-state index < -0.39 is 0 Å². The third kappa shape index (κ3) is 3.55. The zero-order valence-electron chi connectivity index (χ0n) is 11.1. The zero-order chi connectivity index (χ0) is 12.3. The van der Waals surface area contributed by atoms with Gasteiger partial charge in [0.2, 0.25) is 0 Å². The molecule has 0 bridgehead atoms. The summed E-state index contributed by atoms with van der Waals surface area (Å²) in [4.78, 5) is 2.44. The Kier molecular flexibility index (Phi) is 3.85. The molecule has 0 N–H and O–H groups in total. The Bertz CT molecular complexity index is 341. The molecule has 0 aliphatic carbocycles. The van der Waals surface area contributed by atoms with Gasteiger partial charge in [-0.2, -0.15) is 0 Å². The highest BCUT2D eigenvalue weighted by atomic mass is 16.5. The highest BCUT2D eigenvalue weighted by Crippen LogP contribution is 2.23. The van der Waals surface area contributed by atoms with Crippen LogP contribution in [0.5, 0.6) is 0 Å². The van der Waals surface area contributed by atoms with Crippen LogP contribution in [-0.2, 0) is 11.3 Å². The van der Waals surface area contributed by atoms with Gasteiger partial charge in [0.1, 0.15) is 0 Å². The quantitative estimate of drug-likeness (QED) is 0.775. The Balaban J connectivity index is 1.73. The maximum Gasteiger partial charge on any atom is 0.0836 e. The van der Waals surface area contributed by atoms with Gasteiger partial charge in [0.05, 0.1) is 11.7 Å². The van der Waals surface area contributed by atoms with Crippen LogP contribution >= 0.6 is 0 Å². The van der Waals surface area contributed by atoms with Crippen molar-refractivity contribution in [3.05, 3.63) is 35.9 Å². The number of benzene rings is 1. The van der Waals surface area contributed by atoms with Crippen molar-refractivity contribution in [2.75, 3.05) is 13.1 Å². The third-order valence-corrected chi connectivity index (χ3v) is 3.51. The Morgan fingerprint density at radius 1 is 1.24 bits per heavy atom. The molecule has 1 fully saturated rings. The monoisotopic (exact) mass is 233 g/mol. The van der Waals surface area contributed by atoms with E-state index >= 15 is 0 Å². The van der Waals surface area contributed by atoms with E-state index in [9.17, 15) is 0 Å². The van der Waals surface area contributed by atoms with Gasteiger partial charge in [0, 0.05) is 19.6 Å². The molecule has 0 radical (unpaired) electrons. The van der Waals surface area contributed by atoms with Crippen molar-refractivity contribution >= 4 is 0 Å². The minimum Gasteiger partial charge on any atom is -0.370 e. The molecule has 1 aliphatic heterocycles. The summed E-state index contributed by atoms with van der Waals surface area (Å²) in [5, 5.41) is 0. The molecule has 0 spiro atoms. The SMILES string of the molecule is CCC(C)(C)OC1CN(Cc2ccccc2)C1. The number of nitrogens with zero attached hydrogens (tertiary/aromatic N) is 1. The molecule has 1 aromatic carbocycles. The van der Waals surface area contributed by atoms with Gasteiger partial charge in [-0.25, -0.2) is 0 Å². The lowest BCUT2D eigenvalue weighted by Gasteiger charge is -2.42. The molecular weight excluding hydrogens is 210 g/mol. The van der Waals surface area contributed by atoms with Crippen molar-refractivity contribution in [3.63, 3.8) is 0 Å². The molecule has 2 rings (SSSR count). The van der Waals surface area contributed by atoms with E-state index in [2.05, 4.69) is 56.0 Å². The van der Waals surface area contributed by atoms with Crippen LogP contribution in [0, 0.1) is 0 Å². The van der Waals surface area contributed by atoms with Gasteiger partial charge < -0.3 is 4.74 Å². The van der Waals surface area contributed by atoms with Gasteiger partial charge in [-0.15, -0.1) is 0 Å². The molecule has 0 saturated carbocycles. The van der Waals surface area contributed by atoms with Crippen LogP contribution in [0.25, 0.3) is 0 Å². The van der Waals surface area contributed by atoms with E-state index in [0.717, 1.165) is 26.1 Å². The maximum atomic E-state index is 6.05. The average molecular weight is 233 g/mol. The van der Waals surface area contributed by atoms with E-state index in [0.29, 0.717) is 6.10 Å². The first-order valence-corrected chi connectivity index (χ1v) is 6.53. The average Bonchev–Trinajstić information content (AvgIpc) is 2.27. The smallest absolute Gasteiger partial charge is 0.0836 e. The van der Waals surface area contributed by atoms with Crippen LogP contribution in [0.3, 0.4) is 0 Å². The number of ether oxygens (including phenoxy) is 1. The molecule has 0 amide bonds. The summed E-state index contributed by atoms with van der Waals surface area (Å²) in [5.74, 6) is 0. The first kappa shape index (κ1) is 12.6. The predicted octanol–water partition coefficient (Wildman–Crippen LogP) is 3.08. The van der Waals surface area contributed by atoms with Crippen LogP contribution in [0.4, 0.5) is 0 Å². The molecule has 17 heavy (non-hydrogen) atoms. The summed E-state index contributed by atoms with van der Waals surface area (Å²) in [6.45, 7) is 9.71. The number of likely N-dealkylation sites (tertiary alicyclic amines) is 1. The van der Waals surface area contributed by atoms with E-state index in [-0.39, 0.29) is 5.60 Å². The molecule has 0 aromatic heterocycles. The second kappa shape index (κ2) is 5.19. The van der Waals surface area contributed by atoms with Crippen LogP contribution < -0.4 is 0 Å². The van der Waals surface area contributed by atoms with Gasteiger partial charge in [-0.3, -0.25) is 4.90 Å². The maximum absolute atomic E-state index is 6.05. The summed E-state index contributed by atoms with van der Waals surface area (Å²) in [5.41, 5.74) is 1.42. The highest BCUT2D eigenvalue weighted by Gasteiger charge is 2.31. The third-order valence-electron chi connectivity index (χ3n) is 3.51. The first-order chi connectivity index (χ1) is 8.09. The van der Waals surface area contributed by atoms with Gasteiger partial charge >= 0.3 is 0 Å². The van der Waals surface area contributed by atoms with E-state index in [1.165, 1.54) is 5.56 Å². The van der Waals surface area contributed by atoms with E-state index in [1.807, 2.05) is 0 Å². The molecule has 1 aromatic rings. The Morgan fingerprint density at radius 3 is 2.47 bits per heavy atom. The summed E-state index contributed by atoms with van der Waals surface area (Å²) >= 11 is 0. The lowest BCUT2D eigenvalue weighted by molar-refractivity contribution is -0.134. The lowest BCUT2D eigenvalue weighted by Crippen LogP contribution is -2.54. The van der Waals surface area contributed by atoms with Crippen molar-refractivity contribution in [3.8, 4) is 0 Å². The topological polar surface area (TPSA) is 12.5 Å². The van der Waals surface area contributed by atoms with Crippen LogP contribution in [0.15, 0.2) is 30.3 Å².